The summed E-state index contributed by atoms with van der Waals surface area (Å²) >= 11 is 7.55. The van der Waals surface area contributed by atoms with Crippen LogP contribution < -0.4 is 0 Å². The Kier molecular flexibility index (Phi) is 5.16. The average molecular weight is 294 g/mol. The van der Waals surface area contributed by atoms with Gasteiger partial charge in [0.05, 0.1) is 11.4 Å². The van der Waals surface area contributed by atoms with Crippen LogP contribution in [0.25, 0.3) is 0 Å². The van der Waals surface area contributed by atoms with E-state index < -0.39 is 0 Å². The highest BCUT2D eigenvalue weighted by Gasteiger charge is 2.07. The van der Waals surface area contributed by atoms with Crippen LogP contribution in [0.3, 0.4) is 0 Å². The molecule has 0 aliphatic rings. The Hall–Kier alpha value is -1.13. The molecule has 3 nitrogen and oxygen atoms in total. The number of hydrogen-bond donors (Lipinski definition) is 0. The van der Waals surface area contributed by atoms with E-state index in [0.29, 0.717) is 0 Å². The molecule has 0 unspecified atom stereocenters. The Morgan fingerprint density at radius 2 is 1.89 bits per heavy atom. The predicted octanol–water partition coefficient (Wildman–Crippen LogP) is 3.94. The van der Waals surface area contributed by atoms with Crippen molar-refractivity contribution in [2.24, 2.45) is 0 Å². The minimum Gasteiger partial charge on any atom is -0.224 e. The molecule has 0 spiro atoms. The summed E-state index contributed by atoms with van der Waals surface area (Å²) in [6.07, 6.45) is 1.77. The molecule has 0 fully saturated rings. The number of thioether (sulfide) groups is 1. The lowest BCUT2D eigenvalue weighted by Crippen LogP contribution is -2.03. The van der Waals surface area contributed by atoms with Crippen LogP contribution in [0.2, 0.25) is 5.02 Å². The highest BCUT2D eigenvalue weighted by atomic mass is 35.5. The van der Waals surface area contributed by atoms with Gasteiger partial charge >= 0.3 is 0 Å². The predicted molar refractivity (Wildman–Crippen MR) is 79.6 cm³/mol. The molecule has 0 amide bonds. The summed E-state index contributed by atoms with van der Waals surface area (Å²) in [6.45, 7) is 4.16. The smallest absolute Gasteiger partial charge is 0.209 e. The van der Waals surface area contributed by atoms with E-state index in [1.165, 1.54) is 5.56 Å². The minimum absolute atomic E-state index is 0.731. The van der Waals surface area contributed by atoms with Gasteiger partial charge in [-0.2, -0.15) is 5.10 Å². The second-order valence-corrected chi connectivity index (χ2v) is 5.49. The third-order valence-corrected chi connectivity index (χ3v) is 3.89. The molecule has 2 aromatic rings. The molecule has 0 aliphatic heterocycles. The molecule has 100 valence electrons. The minimum atomic E-state index is 0.731. The van der Waals surface area contributed by atoms with Gasteiger partial charge in [-0.15, -0.1) is 5.10 Å². The summed E-state index contributed by atoms with van der Waals surface area (Å²) in [5.74, 6) is 0.802. The van der Waals surface area contributed by atoms with Crippen molar-refractivity contribution in [3.63, 3.8) is 0 Å². The number of hydrogen-bond acceptors (Lipinski definition) is 4. The summed E-state index contributed by atoms with van der Waals surface area (Å²) in [5, 5.41) is 9.89. The van der Waals surface area contributed by atoms with Crippen LogP contribution >= 0.6 is 23.4 Å². The second-order valence-electron chi connectivity index (χ2n) is 4.11. The van der Waals surface area contributed by atoms with E-state index >= 15 is 0 Å². The maximum absolute atomic E-state index is 5.96. The molecular formula is C14H16ClN3S. The van der Waals surface area contributed by atoms with Gasteiger partial charge in [-0.3, -0.25) is 0 Å². The monoisotopic (exact) mass is 293 g/mol. The molecular weight excluding hydrogens is 278 g/mol. The van der Waals surface area contributed by atoms with Gasteiger partial charge in [0.1, 0.15) is 0 Å². The fraction of sp³-hybridized carbons (Fsp3) is 0.357. The molecule has 0 bridgehead atoms. The number of nitrogens with zero attached hydrogens (tertiary/aromatic N) is 3. The number of aryl methyl sites for hydroxylation is 2. The van der Waals surface area contributed by atoms with E-state index in [-0.39, 0.29) is 0 Å². The standard InChI is InChI=1S/C14H16ClN3S/c1-3-12-13(4-2)17-18-14(16-12)19-9-10-6-5-7-11(15)8-10/h5-8H,3-4,9H2,1-2H3. The van der Waals surface area contributed by atoms with Gasteiger partial charge in [-0.25, -0.2) is 4.98 Å². The lowest BCUT2D eigenvalue weighted by Gasteiger charge is -2.05. The van der Waals surface area contributed by atoms with Crippen LogP contribution in [-0.4, -0.2) is 15.2 Å². The molecule has 0 atom stereocenters. The van der Waals surface area contributed by atoms with Crippen molar-refractivity contribution in [1.82, 2.24) is 15.2 Å². The largest absolute Gasteiger partial charge is 0.224 e. The van der Waals surface area contributed by atoms with E-state index in [1.807, 2.05) is 24.3 Å². The van der Waals surface area contributed by atoms with Crippen molar-refractivity contribution in [3.05, 3.63) is 46.2 Å². The fourth-order valence-corrected chi connectivity index (χ4v) is 2.72. The van der Waals surface area contributed by atoms with Gasteiger partial charge in [0.15, 0.2) is 0 Å². The van der Waals surface area contributed by atoms with Crippen LogP contribution in [0.5, 0.6) is 0 Å². The van der Waals surface area contributed by atoms with Gasteiger partial charge < -0.3 is 0 Å². The normalized spacial score (nSPS) is 10.7. The SMILES string of the molecule is CCc1nnc(SCc2cccc(Cl)c2)nc1CC. The average Bonchev–Trinajstić information content (AvgIpc) is 2.45. The first-order valence-corrected chi connectivity index (χ1v) is 7.69. The van der Waals surface area contributed by atoms with E-state index in [0.717, 1.165) is 40.2 Å². The first kappa shape index (κ1) is 14.3. The van der Waals surface area contributed by atoms with Crippen molar-refractivity contribution in [3.8, 4) is 0 Å². The molecule has 0 radical (unpaired) electrons. The third kappa shape index (κ3) is 3.91. The summed E-state index contributed by atoms with van der Waals surface area (Å²) in [6, 6.07) is 7.84. The quantitative estimate of drug-likeness (QED) is 0.783. The van der Waals surface area contributed by atoms with Crippen molar-refractivity contribution in [1.29, 1.82) is 0 Å². The van der Waals surface area contributed by atoms with E-state index in [1.54, 1.807) is 11.8 Å². The number of benzene rings is 1. The molecule has 0 saturated carbocycles. The van der Waals surface area contributed by atoms with Crippen LogP contribution in [-0.2, 0) is 18.6 Å². The van der Waals surface area contributed by atoms with E-state index in [9.17, 15) is 0 Å². The summed E-state index contributed by atoms with van der Waals surface area (Å²) in [4.78, 5) is 4.56. The molecule has 19 heavy (non-hydrogen) atoms. The zero-order valence-corrected chi connectivity index (χ0v) is 12.6. The maximum atomic E-state index is 5.96. The van der Waals surface area contributed by atoms with Crippen LogP contribution in [0, 0.1) is 0 Å². The van der Waals surface area contributed by atoms with Gasteiger partial charge in [-0.05, 0) is 30.5 Å². The highest BCUT2D eigenvalue weighted by Crippen LogP contribution is 2.21. The Bertz CT molecular complexity index is 560. The molecule has 1 aromatic heterocycles. The van der Waals surface area contributed by atoms with E-state index in [2.05, 4.69) is 29.0 Å². The lowest BCUT2D eigenvalue weighted by molar-refractivity contribution is 0.745. The Morgan fingerprint density at radius 3 is 2.58 bits per heavy atom. The van der Waals surface area contributed by atoms with Crippen LogP contribution in [0.15, 0.2) is 29.4 Å². The van der Waals surface area contributed by atoms with Gasteiger partial charge in [0.25, 0.3) is 0 Å². The maximum Gasteiger partial charge on any atom is 0.209 e. The topological polar surface area (TPSA) is 38.7 Å². The molecule has 5 heteroatoms. The molecule has 1 aromatic carbocycles. The van der Waals surface area contributed by atoms with Gasteiger partial charge in [0, 0.05) is 10.8 Å². The van der Waals surface area contributed by atoms with Crippen molar-refractivity contribution in [2.75, 3.05) is 0 Å². The number of aromatic nitrogens is 3. The van der Waals surface area contributed by atoms with Crippen LogP contribution in [0.1, 0.15) is 30.8 Å². The second kappa shape index (κ2) is 6.87. The molecule has 2 rings (SSSR count). The van der Waals surface area contributed by atoms with Gasteiger partial charge in [-0.1, -0.05) is 49.3 Å². The first-order valence-electron chi connectivity index (χ1n) is 6.32. The van der Waals surface area contributed by atoms with Crippen molar-refractivity contribution < 1.29 is 0 Å². The molecule has 0 N–H and O–H groups in total. The summed E-state index contributed by atoms with van der Waals surface area (Å²) < 4.78 is 0. The lowest BCUT2D eigenvalue weighted by atomic mass is 10.2. The molecule has 0 aliphatic carbocycles. The van der Waals surface area contributed by atoms with Crippen molar-refractivity contribution >= 4 is 23.4 Å². The molecule has 0 saturated heterocycles. The first-order chi connectivity index (χ1) is 9.22. The Labute approximate surface area is 122 Å². The van der Waals surface area contributed by atoms with Crippen molar-refractivity contribution in [2.45, 2.75) is 37.6 Å². The molecule has 1 heterocycles. The van der Waals surface area contributed by atoms with Crippen LogP contribution in [0.4, 0.5) is 0 Å². The summed E-state index contributed by atoms with van der Waals surface area (Å²) in [5.41, 5.74) is 3.21. The summed E-state index contributed by atoms with van der Waals surface area (Å²) in [7, 11) is 0. The Balaban J connectivity index is 2.07. The van der Waals surface area contributed by atoms with Gasteiger partial charge in [0.2, 0.25) is 5.16 Å². The highest BCUT2D eigenvalue weighted by molar-refractivity contribution is 7.98. The number of halogens is 1. The number of rotatable bonds is 5. The van der Waals surface area contributed by atoms with E-state index in [4.69, 9.17) is 11.6 Å². The third-order valence-electron chi connectivity index (χ3n) is 2.75. The zero-order valence-electron chi connectivity index (χ0n) is 11.1. The fourth-order valence-electron chi connectivity index (χ4n) is 1.76. The zero-order chi connectivity index (χ0) is 13.7. The Morgan fingerprint density at radius 1 is 1.11 bits per heavy atom.